The molecule has 3 N–H and O–H groups in total. The molecule has 4 amide bonds. The Bertz CT molecular complexity index is 352. The van der Waals surface area contributed by atoms with E-state index in [-0.39, 0.29) is 13.0 Å². The second-order valence-corrected chi connectivity index (χ2v) is 3.51. The van der Waals surface area contributed by atoms with Crippen LogP contribution in [0.15, 0.2) is 0 Å². The molecule has 0 radical (unpaired) electrons. The monoisotopic (exact) mass is 243 g/mol. The van der Waals surface area contributed by atoms with Gasteiger partial charge in [-0.25, -0.2) is 9.59 Å². The lowest BCUT2D eigenvalue weighted by Crippen LogP contribution is -2.46. The number of carboxylic acids is 1. The van der Waals surface area contributed by atoms with Gasteiger partial charge in [0.2, 0.25) is 5.91 Å². The Morgan fingerprint density at radius 1 is 1.53 bits per heavy atom. The fraction of sp³-hybridized carbons (Fsp3) is 0.556. The number of nitrogens with one attached hydrogen (secondary N) is 2. The lowest BCUT2D eigenvalue weighted by Gasteiger charge is -2.15. The van der Waals surface area contributed by atoms with Crippen molar-refractivity contribution in [1.29, 1.82) is 0 Å². The molecule has 0 aromatic rings. The maximum atomic E-state index is 11.4. The largest absolute Gasteiger partial charge is 0.480 e. The van der Waals surface area contributed by atoms with E-state index in [2.05, 4.69) is 10.6 Å². The van der Waals surface area contributed by atoms with Gasteiger partial charge in [-0.05, 0) is 6.42 Å². The predicted molar refractivity (Wildman–Crippen MR) is 55.0 cm³/mol. The molecule has 0 bridgehead atoms. The molecule has 8 heteroatoms. The maximum absolute atomic E-state index is 11.4. The van der Waals surface area contributed by atoms with Gasteiger partial charge in [0, 0.05) is 0 Å². The number of carbonyl (C=O) groups excluding carboxylic acids is 3. The summed E-state index contributed by atoms with van der Waals surface area (Å²) in [6.07, 6.45) is 0.223. The molecule has 1 heterocycles. The van der Waals surface area contributed by atoms with Crippen molar-refractivity contribution >= 4 is 23.8 Å². The highest BCUT2D eigenvalue weighted by Gasteiger charge is 2.31. The van der Waals surface area contributed by atoms with Crippen molar-refractivity contribution in [2.75, 3.05) is 13.1 Å². The van der Waals surface area contributed by atoms with E-state index >= 15 is 0 Å². The molecule has 94 valence electrons. The SMILES string of the molecule is CC[C@H](NC(=O)CN1C(=O)CNC1=O)C(=O)O. The number of carbonyl (C=O) groups is 4. The first-order valence-electron chi connectivity index (χ1n) is 5.06. The first-order chi connectivity index (χ1) is 7.95. The summed E-state index contributed by atoms with van der Waals surface area (Å²) in [4.78, 5) is 45.1. The van der Waals surface area contributed by atoms with Crippen molar-refractivity contribution in [2.24, 2.45) is 0 Å². The number of rotatable bonds is 5. The first kappa shape index (κ1) is 12.9. The fourth-order valence-electron chi connectivity index (χ4n) is 1.34. The maximum Gasteiger partial charge on any atom is 0.326 e. The zero-order valence-electron chi connectivity index (χ0n) is 9.23. The zero-order valence-corrected chi connectivity index (χ0v) is 9.23. The summed E-state index contributed by atoms with van der Waals surface area (Å²) in [6.45, 7) is 1.00. The number of urea groups is 1. The van der Waals surface area contributed by atoms with Crippen molar-refractivity contribution in [2.45, 2.75) is 19.4 Å². The van der Waals surface area contributed by atoms with E-state index in [4.69, 9.17) is 5.11 Å². The van der Waals surface area contributed by atoms with Gasteiger partial charge in [-0.3, -0.25) is 14.5 Å². The van der Waals surface area contributed by atoms with Gasteiger partial charge in [0.05, 0.1) is 6.54 Å². The van der Waals surface area contributed by atoms with Crippen LogP contribution in [0.4, 0.5) is 4.79 Å². The smallest absolute Gasteiger partial charge is 0.326 e. The topological polar surface area (TPSA) is 116 Å². The summed E-state index contributed by atoms with van der Waals surface area (Å²) in [7, 11) is 0. The summed E-state index contributed by atoms with van der Waals surface area (Å²) in [5, 5.41) is 13.2. The van der Waals surface area contributed by atoms with E-state index in [9.17, 15) is 19.2 Å². The first-order valence-corrected chi connectivity index (χ1v) is 5.06. The molecule has 1 aliphatic rings. The van der Waals surface area contributed by atoms with Crippen LogP contribution < -0.4 is 10.6 Å². The molecule has 17 heavy (non-hydrogen) atoms. The van der Waals surface area contributed by atoms with Crippen LogP contribution in [0.2, 0.25) is 0 Å². The van der Waals surface area contributed by atoms with E-state index in [1.165, 1.54) is 0 Å². The third kappa shape index (κ3) is 3.16. The van der Waals surface area contributed by atoms with Crippen LogP contribution >= 0.6 is 0 Å². The Hall–Kier alpha value is -2.12. The lowest BCUT2D eigenvalue weighted by molar-refractivity contribution is -0.142. The highest BCUT2D eigenvalue weighted by atomic mass is 16.4. The van der Waals surface area contributed by atoms with Gasteiger partial charge >= 0.3 is 12.0 Å². The number of aliphatic carboxylic acids is 1. The summed E-state index contributed by atoms with van der Waals surface area (Å²) in [5.41, 5.74) is 0. The lowest BCUT2D eigenvalue weighted by atomic mass is 10.2. The van der Waals surface area contributed by atoms with Crippen molar-refractivity contribution in [3.8, 4) is 0 Å². The number of carboxylic acid groups (broad SMARTS) is 1. The van der Waals surface area contributed by atoms with Crippen LogP contribution in [0.1, 0.15) is 13.3 Å². The Labute approximate surface area is 97.0 Å². The molecule has 1 aliphatic heterocycles. The van der Waals surface area contributed by atoms with Gasteiger partial charge in [0.15, 0.2) is 0 Å². The molecule has 1 rings (SSSR count). The minimum Gasteiger partial charge on any atom is -0.480 e. The summed E-state index contributed by atoms with van der Waals surface area (Å²) < 4.78 is 0. The van der Waals surface area contributed by atoms with Crippen molar-refractivity contribution < 1.29 is 24.3 Å². The van der Waals surface area contributed by atoms with Gasteiger partial charge < -0.3 is 15.7 Å². The van der Waals surface area contributed by atoms with Gasteiger partial charge in [0.1, 0.15) is 12.6 Å². The van der Waals surface area contributed by atoms with Gasteiger partial charge in [-0.1, -0.05) is 6.92 Å². The molecule has 0 unspecified atom stereocenters. The second kappa shape index (κ2) is 5.28. The predicted octanol–water partition coefficient (Wildman–Crippen LogP) is -1.48. The van der Waals surface area contributed by atoms with Crippen LogP contribution in [0.5, 0.6) is 0 Å². The minimum absolute atomic E-state index is 0.137. The molecule has 1 atom stereocenters. The molecular weight excluding hydrogens is 230 g/mol. The summed E-state index contributed by atoms with van der Waals surface area (Å²) in [6, 6.07) is -1.66. The van der Waals surface area contributed by atoms with E-state index in [1.54, 1.807) is 6.92 Å². The summed E-state index contributed by atoms with van der Waals surface area (Å²) in [5.74, 6) is -2.34. The molecule has 0 aliphatic carbocycles. The number of imide groups is 1. The summed E-state index contributed by atoms with van der Waals surface area (Å²) >= 11 is 0. The van der Waals surface area contributed by atoms with Crippen LogP contribution in [-0.4, -0.2) is 53.0 Å². The Morgan fingerprint density at radius 3 is 2.59 bits per heavy atom. The molecule has 0 aromatic heterocycles. The highest BCUT2D eigenvalue weighted by Crippen LogP contribution is 1.99. The molecule has 0 saturated carbocycles. The quantitative estimate of drug-likeness (QED) is 0.509. The molecule has 1 fully saturated rings. The standard InChI is InChI=1S/C9H13N3O5/c1-2-5(8(15)16)11-6(13)4-12-7(14)3-10-9(12)17/h5H,2-4H2,1H3,(H,10,17)(H,11,13)(H,15,16)/t5-/m0/s1. The van der Waals surface area contributed by atoms with Crippen molar-refractivity contribution in [3.05, 3.63) is 0 Å². The Morgan fingerprint density at radius 2 is 2.18 bits per heavy atom. The van der Waals surface area contributed by atoms with E-state index in [0.29, 0.717) is 0 Å². The highest BCUT2D eigenvalue weighted by molar-refractivity contribution is 6.04. The number of hydrogen-bond donors (Lipinski definition) is 3. The normalized spacial score (nSPS) is 16.6. The number of nitrogens with zero attached hydrogens (tertiary/aromatic N) is 1. The van der Waals surface area contributed by atoms with Crippen molar-refractivity contribution in [1.82, 2.24) is 15.5 Å². The third-order valence-electron chi connectivity index (χ3n) is 2.28. The van der Waals surface area contributed by atoms with Crippen LogP contribution in [0, 0.1) is 0 Å². The van der Waals surface area contributed by atoms with Gasteiger partial charge in [0.25, 0.3) is 5.91 Å². The minimum atomic E-state index is -1.15. The van der Waals surface area contributed by atoms with Gasteiger partial charge in [-0.2, -0.15) is 0 Å². The fourth-order valence-corrected chi connectivity index (χ4v) is 1.34. The average molecular weight is 243 g/mol. The molecule has 0 spiro atoms. The number of amides is 4. The van der Waals surface area contributed by atoms with Gasteiger partial charge in [-0.15, -0.1) is 0 Å². The Balaban J connectivity index is 2.52. The van der Waals surface area contributed by atoms with Crippen LogP contribution in [0.3, 0.4) is 0 Å². The van der Waals surface area contributed by atoms with E-state index in [1.807, 2.05) is 0 Å². The van der Waals surface area contributed by atoms with Crippen LogP contribution in [0.25, 0.3) is 0 Å². The molecule has 0 aromatic carbocycles. The Kier molecular flexibility index (Phi) is 4.02. The average Bonchev–Trinajstić information content (AvgIpc) is 2.57. The second-order valence-electron chi connectivity index (χ2n) is 3.51. The van der Waals surface area contributed by atoms with E-state index in [0.717, 1.165) is 4.90 Å². The van der Waals surface area contributed by atoms with E-state index < -0.39 is 36.4 Å². The molecule has 1 saturated heterocycles. The van der Waals surface area contributed by atoms with Crippen LogP contribution in [-0.2, 0) is 14.4 Å². The number of hydrogen-bond acceptors (Lipinski definition) is 4. The zero-order chi connectivity index (χ0) is 13.0. The molecular formula is C9H13N3O5. The van der Waals surface area contributed by atoms with Crippen molar-refractivity contribution in [3.63, 3.8) is 0 Å². The third-order valence-corrected chi connectivity index (χ3v) is 2.28. The molecule has 8 nitrogen and oxygen atoms in total.